The topological polar surface area (TPSA) is 18.5 Å². The molecule has 2 nitrogen and oxygen atoms in total. The summed E-state index contributed by atoms with van der Waals surface area (Å²) in [5, 5.41) is 0. The van der Waals surface area contributed by atoms with E-state index in [9.17, 15) is 39.5 Å². The highest BCUT2D eigenvalue weighted by molar-refractivity contribution is 5.64. The molecule has 46 heavy (non-hydrogen) atoms. The Morgan fingerprint density at radius 3 is 1.76 bits per heavy atom. The average molecular weight is 657 g/mol. The van der Waals surface area contributed by atoms with Gasteiger partial charge in [-0.3, -0.25) is 0 Å². The summed E-state index contributed by atoms with van der Waals surface area (Å²) >= 11 is 0. The third kappa shape index (κ3) is 9.35. The van der Waals surface area contributed by atoms with Gasteiger partial charge in [-0.05, 0) is 41.7 Å². The predicted octanol–water partition coefficient (Wildman–Crippen LogP) is 11.1. The van der Waals surface area contributed by atoms with Crippen LogP contribution in [0.15, 0.2) is 84.2 Å². The number of aryl methyl sites for hydroxylation is 1. The lowest BCUT2D eigenvalue weighted by molar-refractivity contribution is -0.194. The Bertz CT molecular complexity index is 1510. The van der Waals surface area contributed by atoms with E-state index in [1.807, 2.05) is 24.3 Å². The molecule has 0 amide bonds. The van der Waals surface area contributed by atoms with Crippen molar-refractivity contribution in [3.63, 3.8) is 0 Å². The number of ether oxygens (including phenoxy) is 2. The Balaban J connectivity index is 0.000000349. The zero-order chi connectivity index (χ0) is 34.0. The molecule has 0 saturated carbocycles. The maximum Gasteiger partial charge on any atom is 0.200 e. The molecule has 0 atom stereocenters. The normalized spacial score (nSPS) is 17.2. The molecule has 3 aromatic rings. The molecule has 0 aliphatic carbocycles. The minimum atomic E-state index is -2.21. The Labute approximate surface area is 261 Å². The van der Waals surface area contributed by atoms with Gasteiger partial charge in [0.25, 0.3) is 0 Å². The van der Waals surface area contributed by atoms with Crippen LogP contribution in [0.25, 0.3) is 11.1 Å². The number of rotatable bonds is 10. The van der Waals surface area contributed by atoms with Crippen LogP contribution in [0.3, 0.4) is 0 Å². The van der Waals surface area contributed by atoms with E-state index < -0.39 is 65.1 Å². The van der Waals surface area contributed by atoms with Gasteiger partial charge in [-0.25, -0.2) is 39.5 Å². The highest BCUT2D eigenvalue weighted by Crippen LogP contribution is 2.35. The van der Waals surface area contributed by atoms with Crippen molar-refractivity contribution in [2.75, 3.05) is 19.9 Å². The van der Waals surface area contributed by atoms with Crippen molar-refractivity contribution in [1.82, 2.24) is 0 Å². The minimum Gasteiger partial charge on any atom is -0.347 e. The summed E-state index contributed by atoms with van der Waals surface area (Å²) in [4.78, 5) is 0. The number of halogens is 9. The van der Waals surface area contributed by atoms with E-state index in [0.29, 0.717) is 6.08 Å². The van der Waals surface area contributed by atoms with Gasteiger partial charge in [0.05, 0.1) is 24.6 Å². The Hall–Kier alpha value is -3.83. The molecular weight excluding hydrogens is 623 g/mol. The molecule has 1 heterocycles. The summed E-state index contributed by atoms with van der Waals surface area (Å²) in [7, 11) is 0. The van der Waals surface area contributed by atoms with Gasteiger partial charge in [-0.15, -0.1) is 0 Å². The van der Waals surface area contributed by atoms with E-state index in [1.54, 1.807) is 0 Å². The first-order chi connectivity index (χ1) is 21.9. The molecule has 0 bridgehead atoms. The lowest BCUT2D eigenvalue weighted by Gasteiger charge is -2.30. The van der Waals surface area contributed by atoms with Gasteiger partial charge >= 0.3 is 0 Å². The lowest BCUT2D eigenvalue weighted by Crippen LogP contribution is -2.27. The van der Waals surface area contributed by atoms with Crippen molar-refractivity contribution >= 4 is 0 Å². The van der Waals surface area contributed by atoms with E-state index in [2.05, 4.69) is 37.8 Å². The average Bonchev–Trinajstić information content (AvgIpc) is 3.06. The van der Waals surface area contributed by atoms with E-state index >= 15 is 0 Å². The first kappa shape index (κ1) is 36.6. The highest BCUT2D eigenvalue weighted by atomic mass is 19.2. The van der Waals surface area contributed by atoms with Crippen molar-refractivity contribution < 1.29 is 49.0 Å². The fraction of sp³-hybridized carbons (Fsp3) is 0.314. The van der Waals surface area contributed by atoms with Crippen LogP contribution in [-0.4, -0.2) is 19.9 Å². The van der Waals surface area contributed by atoms with Crippen molar-refractivity contribution in [3.8, 4) is 11.1 Å². The number of hydrogen-bond donors (Lipinski definition) is 0. The molecule has 0 N–H and O–H groups in total. The van der Waals surface area contributed by atoms with Gasteiger partial charge in [0, 0.05) is 24.3 Å². The number of hydrogen-bond acceptors (Lipinski definition) is 2. The van der Waals surface area contributed by atoms with Crippen molar-refractivity contribution in [3.05, 3.63) is 130 Å². The van der Waals surface area contributed by atoms with Gasteiger partial charge < -0.3 is 9.47 Å². The van der Waals surface area contributed by atoms with Gasteiger partial charge in [-0.1, -0.05) is 68.5 Å². The predicted molar refractivity (Wildman–Crippen MR) is 158 cm³/mol. The molecule has 0 radical (unpaired) electrons. The fourth-order valence-corrected chi connectivity index (χ4v) is 4.54. The van der Waals surface area contributed by atoms with Gasteiger partial charge in [0.2, 0.25) is 5.82 Å². The van der Waals surface area contributed by atoms with Crippen LogP contribution >= 0.6 is 0 Å². The highest BCUT2D eigenvalue weighted by Gasteiger charge is 2.34. The van der Waals surface area contributed by atoms with Gasteiger partial charge in [0.1, 0.15) is 18.3 Å². The summed E-state index contributed by atoms with van der Waals surface area (Å²) in [5.74, 6) is -12.8. The molecule has 1 fully saturated rings. The van der Waals surface area contributed by atoms with Gasteiger partial charge in [0.15, 0.2) is 29.6 Å². The molecule has 0 aromatic heterocycles. The maximum atomic E-state index is 14.0. The summed E-state index contributed by atoms with van der Waals surface area (Å²) < 4.78 is 128. The van der Waals surface area contributed by atoms with Crippen LogP contribution < -0.4 is 0 Å². The van der Waals surface area contributed by atoms with Gasteiger partial charge in [-0.2, -0.15) is 0 Å². The van der Waals surface area contributed by atoms with E-state index in [4.69, 9.17) is 9.47 Å². The standard InChI is InChI=1S/C25H21F5O2.C10H12F4/c1-2-3-14-4-6-15(7-5-14)16-8-10-17(11-9-16)18-12-31-25(32-13-18)19-20(26)22(28)24(30)23(29)21(19)27;1-7(8(2)12)10(14)4-3-9(13)5-6-11/h4-11,18,25H,2-3,12-13H2,1H3;5H,2-4,6H2,1H3/b;9-5+,10-7-. The summed E-state index contributed by atoms with van der Waals surface area (Å²) in [6, 6.07) is 16.1. The number of allylic oxidation sites excluding steroid dienone is 5. The van der Waals surface area contributed by atoms with Crippen LogP contribution in [0.4, 0.5) is 39.5 Å². The van der Waals surface area contributed by atoms with Crippen LogP contribution in [0.5, 0.6) is 0 Å². The Morgan fingerprint density at radius 2 is 1.28 bits per heavy atom. The number of alkyl halides is 1. The Kier molecular flexibility index (Phi) is 13.7. The van der Waals surface area contributed by atoms with E-state index in [-0.39, 0.29) is 37.5 Å². The molecule has 1 aliphatic heterocycles. The lowest BCUT2D eigenvalue weighted by atomic mass is 9.96. The van der Waals surface area contributed by atoms with Crippen LogP contribution in [0.2, 0.25) is 0 Å². The zero-order valence-electron chi connectivity index (χ0n) is 25.2. The molecule has 4 rings (SSSR count). The third-order valence-electron chi connectivity index (χ3n) is 7.28. The summed E-state index contributed by atoms with van der Waals surface area (Å²) in [6.07, 6.45) is 0.624. The summed E-state index contributed by atoms with van der Waals surface area (Å²) in [5.41, 5.74) is 2.95. The van der Waals surface area contributed by atoms with Crippen molar-refractivity contribution in [2.24, 2.45) is 0 Å². The second-order valence-electron chi connectivity index (χ2n) is 10.5. The largest absolute Gasteiger partial charge is 0.347 e. The minimum absolute atomic E-state index is 0.00915. The van der Waals surface area contributed by atoms with E-state index in [1.165, 1.54) is 12.5 Å². The fourth-order valence-electron chi connectivity index (χ4n) is 4.54. The van der Waals surface area contributed by atoms with Crippen LogP contribution in [-0.2, 0) is 15.9 Å². The molecule has 0 spiro atoms. The first-order valence-electron chi connectivity index (χ1n) is 14.4. The molecule has 248 valence electrons. The molecular formula is C35H33F9O2. The van der Waals surface area contributed by atoms with Crippen molar-refractivity contribution in [2.45, 2.75) is 51.7 Å². The maximum absolute atomic E-state index is 14.0. The van der Waals surface area contributed by atoms with Crippen molar-refractivity contribution in [1.29, 1.82) is 0 Å². The smallest absolute Gasteiger partial charge is 0.200 e. The number of benzene rings is 3. The summed E-state index contributed by atoms with van der Waals surface area (Å²) in [6.45, 7) is 5.35. The Morgan fingerprint density at radius 1 is 0.783 bits per heavy atom. The second-order valence-corrected chi connectivity index (χ2v) is 10.5. The molecule has 11 heteroatoms. The zero-order valence-corrected chi connectivity index (χ0v) is 25.2. The third-order valence-corrected chi connectivity index (χ3v) is 7.28. The monoisotopic (exact) mass is 656 g/mol. The molecule has 3 aromatic carbocycles. The first-order valence-corrected chi connectivity index (χ1v) is 14.4. The SMILES string of the molecule is C=C(F)/C(C)=C(\F)CC/C(F)=C\CF.CCCc1ccc(-c2ccc(C3COC(c4c(F)c(F)c(F)c(F)c4F)OC3)cc2)cc1. The quantitative estimate of drug-likeness (QED) is 0.0936. The second kappa shape index (κ2) is 17.2. The molecule has 0 unspecified atom stereocenters. The van der Waals surface area contributed by atoms with Crippen LogP contribution in [0.1, 0.15) is 62.0 Å². The molecule has 1 saturated heterocycles. The molecule has 1 aliphatic rings. The van der Waals surface area contributed by atoms with Crippen LogP contribution in [0, 0.1) is 29.1 Å². The van der Waals surface area contributed by atoms with E-state index in [0.717, 1.165) is 29.5 Å².